The summed E-state index contributed by atoms with van der Waals surface area (Å²) in [4.78, 5) is 33.7. The van der Waals surface area contributed by atoms with Crippen LogP contribution in [0.15, 0.2) is 67.4 Å². The molecule has 0 saturated carbocycles. The van der Waals surface area contributed by atoms with E-state index in [1.54, 1.807) is 43.1 Å². The summed E-state index contributed by atoms with van der Waals surface area (Å²) in [7, 11) is 0. The van der Waals surface area contributed by atoms with Gasteiger partial charge in [0.25, 0.3) is 0 Å². The highest BCUT2D eigenvalue weighted by Gasteiger charge is 2.22. The molecule has 38 heavy (non-hydrogen) atoms. The average molecular weight is 507 g/mol. The Morgan fingerprint density at radius 2 is 1.71 bits per heavy atom. The zero-order valence-corrected chi connectivity index (χ0v) is 20.9. The molecule has 0 bridgehead atoms. The Kier molecular flexibility index (Phi) is 5.45. The molecular formula is C28H23FN8O. The Hall–Kier alpha value is -4.99. The topological polar surface area (TPSA) is 125 Å². The normalized spacial score (nSPS) is 11.8. The average Bonchev–Trinajstić information content (AvgIpc) is 3.52. The van der Waals surface area contributed by atoms with E-state index in [4.69, 9.17) is 4.98 Å². The second-order valence-corrected chi connectivity index (χ2v) is 10.0. The van der Waals surface area contributed by atoms with E-state index < -0.39 is 5.41 Å². The van der Waals surface area contributed by atoms with Gasteiger partial charge >= 0.3 is 0 Å². The maximum Gasteiger partial charge on any atom is 0.229 e. The van der Waals surface area contributed by atoms with Gasteiger partial charge in [-0.25, -0.2) is 9.37 Å². The molecule has 10 heteroatoms. The van der Waals surface area contributed by atoms with Crippen LogP contribution in [0.3, 0.4) is 0 Å². The number of carbonyl (C=O) groups excluding carboxylic acids is 1. The third-order valence-electron chi connectivity index (χ3n) is 6.19. The summed E-state index contributed by atoms with van der Waals surface area (Å²) in [6.07, 6.45) is 8.42. The van der Waals surface area contributed by atoms with Crippen molar-refractivity contribution in [2.24, 2.45) is 5.41 Å². The van der Waals surface area contributed by atoms with Crippen LogP contribution in [0.5, 0.6) is 0 Å². The number of benzene rings is 1. The van der Waals surface area contributed by atoms with Gasteiger partial charge in [0.1, 0.15) is 11.5 Å². The summed E-state index contributed by atoms with van der Waals surface area (Å²) in [6.45, 7) is 5.56. The first-order chi connectivity index (χ1) is 18.3. The van der Waals surface area contributed by atoms with E-state index in [9.17, 15) is 9.18 Å². The molecule has 3 N–H and O–H groups in total. The molecule has 5 aromatic heterocycles. The number of anilines is 1. The fourth-order valence-electron chi connectivity index (χ4n) is 4.11. The molecule has 0 aliphatic carbocycles. The minimum absolute atomic E-state index is 0.101. The predicted octanol–water partition coefficient (Wildman–Crippen LogP) is 5.75. The summed E-state index contributed by atoms with van der Waals surface area (Å²) < 4.78 is 13.5. The molecule has 0 saturated heterocycles. The number of aromatic nitrogens is 7. The van der Waals surface area contributed by atoms with Crippen LogP contribution in [0.4, 0.5) is 10.1 Å². The SMILES string of the molecule is CC(C)(C)C(=O)Nc1cncc(-c2cc3c(-c4nc5c(-c6ccc(F)cc6)cncc5[nH]4)n[nH]c3cn2)c1. The number of imidazole rings is 1. The third-order valence-corrected chi connectivity index (χ3v) is 6.19. The lowest BCUT2D eigenvalue weighted by Gasteiger charge is -2.17. The third kappa shape index (κ3) is 4.26. The number of nitrogens with zero attached hydrogens (tertiary/aromatic N) is 5. The Labute approximate surface area is 216 Å². The first-order valence-corrected chi connectivity index (χ1v) is 12.0. The van der Waals surface area contributed by atoms with E-state index in [-0.39, 0.29) is 11.7 Å². The van der Waals surface area contributed by atoms with Crippen molar-refractivity contribution >= 4 is 33.5 Å². The lowest BCUT2D eigenvalue weighted by atomic mass is 9.95. The monoisotopic (exact) mass is 506 g/mol. The van der Waals surface area contributed by atoms with E-state index in [0.717, 1.165) is 33.1 Å². The smallest absolute Gasteiger partial charge is 0.229 e. The molecule has 0 radical (unpaired) electrons. The first-order valence-electron chi connectivity index (χ1n) is 12.0. The number of aromatic amines is 2. The van der Waals surface area contributed by atoms with Gasteiger partial charge in [-0.3, -0.25) is 24.8 Å². The number of nitrogens with one attached hydrogen (secondary N) is 3. The van der Waals surface area contributed by atoms with Crippen molar-refractivity contribution in [1.29, 1.82) is 0 Å². The number of fused-ring (bicyclic) bond motifs is 2. The van der Waals surface area contributed by atoms with E-state index >= 15 is 0 Å². The molecular weight excluding hydrogens is 483 g/mol. The van der Waals surface area contributed by atoms with Gasteiger partial charge in [-0.2, -0.15) is 5.10 Å². The zero-order chi connectivity index (χ0) is 26.4. The van der Waals surface area contributed by atoms with Crippen LogP contribution in [0.1, 0.15) is 20.8 Å². The molecule has 9 nitrogen and oxygen atoms in total. The molecule has 188 valence electrons. The van der Waals surface area contributed by atoms with Gasteiger partial charge in [-0.05, 0) is 29.8 Å². The summed E-state index contributed by atoms with van der Waals surface area (Å²) in [5.74, 6) is 0.154. The lowest BCUT2D eigenvalue weighted by molar-refractivity contribution is -0.123. The maximum atomic E-state index is 13.5. The number of hydrogen-bond acceptors (Lipinski definition) is 6. The molecule has 0 unspecified atom stereocenters. The Morgan fingerprint density at radius 1 is 0.921 bits per heavy atom. The van der Waals surface area contributed by atoms with Gasteiger partial charge in [-0.1, -0.05) is 32.9 Å². The summed E-state index contributed by atoms with van der Waals surface area (Å²) in [5.41, 5.74) is 5.88. The predicted molar refractivity (Wildman–Crippen MR) is 143 cm³/mol. The van der Waals surface area contributed by atoms with Crippen molar-refractivity contribution in [3.05, 3.63) is 73.2 Å². The van der Waals surface area contributed by atoms with Crippen LogP contribution in [0, 0.1) is 11.2 Å². The second-order valence-electron chi connectivity index (χ2n) is 10.0. The van der Waals surface area contributed by atoms with Gasteiger partial charge in [0.05, 0.1) is 46.5 Å². The number of rotatable bonds is 4. The largest absolute Gasteiger partial charge is 0.335 e. The second kappa shape index (κ2) is 8.84. The highest BCUT2D eigenvalue weighted by atomic mass is 19.1. The number of pyridine rings is 3. The van der Waals surface area contributed by atoms with Gasteiger partial charge in [0.15, 0.2) is 5.82 Å². The molecule has 6 aromatic rings. The van der Waals surface area contributed by atoms with Crippen molar-refractivity contribution in [1.82, 2.24) is 35.1 Å². The van der Waals surface area contributed by atoms with Gasteiger partial charge in [0.2, 0.25) is 5.91 Å². The molecule has 0 fully saturated rings. The number of H-pyrrole nitrogens is 2. The van der Waals surface area contributed by atoms with E-state index in [0.29, 0.717) is 28.4 Å². The lowest BCUT2D eigenvalue weighted by Crippen LogP contribution is -2.27. The van der Waals surface area contributed by atoms with E-state index in [1.165, 1.54) is 12.1 Å². The van der Waals surface area contributed by atoms with Crippen molar-refractivity contribution in [2.45, 2.75) is 20.8 Å². The van der Waals surface area contributed by atoms with Gasteiger partial charge in [-0.15, -0.1) is 0 Å². The van der Waals surface area contributed by atoms with Crippen LogP contribution >= 0.6 is 0 Å². The van der Waals surface area contributed by atoms with Gasteiger partial charge in [0, 0.05) is 34.3 Å². The molecule has 5 heterocycles. The Morgan fingerprint density at radius 3 is 2.50 bits per heavy atom. The number of halogens is 1. The molecule has 0 spiro atoms. The summed E-state index contributed by atoms with van der Waals surface area (Å²) >= 11 is 0. The summed E-state index contributed by atoms with van der Waals surface area (Å²) in [5, 5.41) is 11.2. The van der Waals surface area contributed by atoms with E-state index in [2.05, 4.69) is 35.5 Å². The standard InChI is InChI=1S/C28H23FN8O/c1-28(2,3)27(38)33-18-8-16(10-30-11-18)21-9-19-22(14-32-21)36-37-25(19)26-34-23-13-31-12-20(24(23)35-26)15-4-6-17(29)7-5-15/h4-14H,1-3H3,(H,33,38)(H,34,35)(H,36,37). The zero-order valence-electron chi connectivity index (χ0n) is 20.9. The number of amides is 1. The van der Waals surface area contributed by atoms with Crippen molar-refractivity contribution < 1.29 is 9.18 Å². The van der Waals surface area contributed by atoms with E-state index in [1.807, 2.05) is 32.9 Å². The number of carbonyl (C=O) groups is 1. The Bertz CT molecular complexity index is 1820. The van der Waals surface area contributed by atoms with Crippen LogP contribution in [-0.2, 0) is 4.79 Å². The molecule has 0 aliphatic heterocycles. The van der Waals surface area contributed by atoms with Crippen molar-refractivity contribution in [2.75, 3.05) is 5.32 Å². The summed E-state index contributed by atoms with van der Waals surface area (Å²) in [6, 6.07) is 9.98. The number of hydrogen-bond donors (Lipinski definition) is 3. The van der Waals surface area contributed by atoms with Crippen molar-refractivity contribution in [3.8, 4) is 33.9 Å². The fraction of sp³-hybridized carbons (Fsp3) is 0.143. The fourth-order valence-corrected chi connectivity index (χ4v) is 4.11. The molecule has 1 aromatic carbocycles. The molecule has 1 amide bonds. The minimum atomic E-state index is -0.530. The highest BCUT2D eigenvalue weighted by molar-refractivity contribution is 5.98. The highest BCUT2D eigenvalue weighted by Crippen LogP contribution is 2.32. The van der Waals surface area contributed by atoms with Crippen LogP contribution in [-0.4, -0.2) is 41.0 Å². The van der Waals surface area contributed by atoms with Crippen LogP contribution < -0.4 is 5.32 Å². The van der Waals surface area contributed by atoms with Crippen molar-refractivity contribution in [3.63, 3.8) is 0 Å². The molecule has 0 aliphatic rings. The molecule has 6 rings (SSSR count). The van der Waals surface area contributed by atoms with Crippen LogP contribution in [0.2, 0.25) is 0 Å². The molecule has 0 atom stereocenters. The minimum Gasteiger partial charge on any atom is -0.335 e. The maximum absolute atomic E-state index is 13.5. The first kappa shape index (κ1) is 23.4. The quantitative estimate of drug-likeness (QED) is 0.280. The van der Waals surface area contributed by atoms with Gasteiger partial charge < -0.3 is 10.3 Å². The Balaban J connectivity index is 1.39. The van der Waals surface area contributed by atoms with Crippen LogP contribution in [0.25, 0.3) is 55.8 Å².